The summed E-state index contributed by atoms with van der Waals surface area (Å²) in [5, 5.41) is 11.6. The van der Waals surface area contributed by atoms with Gasteiger partial charge in [-0.15, -0.1) is 23.5 Å². The summed E-state index contributed by atoms with van der Waals surface area (Å²) in [6, 6.07) is 0. The zero-order valence-corrected chi connectivity index (χ0v) is 13.4. The molecule has 5 heteroatoms. The van der Waals surface area contributed by atoms with Crippen LogP contribution in [-0.4, -0.2) is 23.0 Å². The van der Waals surface area contributed by atoms with Crippen LogP contribution < -0.4 is 0 Å². The first-order chi connectivity index (χ1) is 9.14. The summed E-state index contributed by atoms with van der Waals surface area (Å²) >= 11 is 3.60. The summed E-state index contributed by atoms with van der Waals surface area (Å²) < 4.78 is 1.39. The lowest BCUT2D eigenvalue weighted by molar-refractivity contribution is -0.580. The second kappa shape index (κ2) is 6.53. The van der Waals surface area contributed by atoms with Crippen molar-refractivity contribution in [3.63, 3.8) is 0 Å². The Morgan fingerprint density at radius 2 is 1.89 bits per heavy atom. The molecule has 1 atom stereocenters. The molecule has 0 saturated heterocycles. The number of nitro groups is 1. The van der Waals surface area contributed by atoms with Crippen LogP contribution >= 0.6 is 23.5 Å². The van der Waals surface area contributed by atoms with Gasteiger partial charge in [0, 0.05) is 27.9 Å². The molecule has 2 saturated carbocycles. The fraction of sp³-hybridized carbons (Fsp3) is 0.857. The van der Waals surface area contributed by atoms with Gasteiger partial charge in [0.25, 0.3) is 0 Å². The smallest absolute Gasteiger partial charge is 0.225 e. The van der Waals surface area contributed by atoms with Crippen LogP contribution in [0.2, 0.25) is 0 Å². The van der Waals surface area contributed by atoms with Crippen LogP contribution in [-0.2, 0) is 0 Å². The Labute approximate surface area is 124 Å². The van der Waals surface area contributed by atoms with E-state index in [1.807, 2.05) is 0 Å². The highest BCUT2D eigenvalue weighted by Crippen LogP contribution is 2.48. The summed E-state index contributed by atoms with van der Waals surface area (Å²) in [4.78, 5) is 11.7. The molecule has 108 valence electrons. The normalized spacial score (nSPS) is 26.4. The molecule has 0 amide bonds. The first-order valence-electron chi connectivity index (χ1n) is 7.08. The van der Waals surface area contributed by atoms with Gasteiger partial charge < -0.3 is 0 Å². The summed E-state index contributed by atoms with van der Waals surface area (Å²) in [5.41, 5.74) is 0.873. The third-order valence-electron chi connectivity index (χ3n) is 4.78. The summed E-state index contributed by atoms with van der Waals surface area (Å²) in [7, 11) is 0. The molecule has 2 aliphatic rings. The minimum absolute atomic E-state index is 0.0610. The predicted octanol–water partition coefficient (Wildman–Crippen LogP) is 4.70. The fourth-order valence-corrected chi connectivity index (χ4v) is 5.42. The zero-order chi connectivity index (χ0) is 13.9. The highest BCUT2D eigenvalue weighted by atomic mass is 32.2. The molecule has 2 rings (SSSR count). The zero-order valence-electron chi connectivity index (χ0n) is 11.8. The first kappa shape index (κ1) is 15.2. The summed E-state index contributed by atoms with van der Waals surface area (Å²) in [6.07, 6.45) is 12.2. The number of allylic oxidation sites excluding steroid dienone is 1. The van der Waals surface area contributed by atoms with Gasteiger partial charge in [-0.1, -0.05) is 0 Å². The van der Waals surface area contributed by atoms with Crippen LogP contribution in [0.4, 0.5) is 0 Å². The van der Waals surface area contributed by atoms with Gasteiger partial charge in [-0.25, -0.2) is 0 Å². The van der Waals surface area contributed by atoms with Crippen LogP contribution in [0.25, 0.3) is 0 Å². The number of thioether (sulfide) groups is 2. The Kier molecular flexibility index (Phi) is 5.23. The van der Waals surface area contributed by atoms with E-state index in [1.165, 1.54) is 9.81 Å². The Hall–Kier alpha value is -0.160. The number of rotatable bonds is 4. The van der Waals surface area contributed by atoms with Crippen LogP contribution in [0.15, 0.2) is 9.81 Å². The molecular weight excluding hydrogens is 278 g/mol. The van der Waals surface area contributed by atoms with Crippen molar-refractivity contribution in [2.45, 2.75) is 56.9 Å². The van der Waals surface area contributed by atoms with Crippen LogP contribution in [0.5, 0.6) is 0 Å². The Morgan fingerprint density at radius 3 is 2.42 bits per heavy atom. The lowest BCUT2D eigenvalue weighted by Crippen LogP contribution is -2.44. The molecule has 0 aliphatic heterocycles. The monoisotopic (exact) mass is 301 g/mol. The molecule has 19 heavy (non-hydrogen) atoms. The van der Waals surface area contributed by atoms with Crippen molar-refractivity contribution < 1.29 is 4.92 Å². The quantitative estimate of drug-likeness (QED) is 0.557. The fourth-order valence-electron chi connectivity index (χ4n) is 3.81. The second-order valence-electron chi connectivity index (χ2n) is 5.66. The standard InChI is InChI=1S/C14H23NO2S2/c1-18-13(19-2)11-6-5-7-12(10-11)14(15(16)17)8-3-4-9-14/h12H,3-10H2,1-2H3/t12-/m0/s1. The summed E-state index contributed by atoms with van der Waals surface area (Å²) in [5.74, 6) is 0.267. The van der Waals surface area contributed by atoms with Crippen molar-refractivity contribution in [3.8, 4) is 0 Å². The first-order valence-corrected chi connectivity index (χ1v) is 9.53. The maximum absolute atomic E-state index is 11.6. The van der Waals surface area contributed by atoms with E-state index in [0.717, 1.165) is 51.4 Å². The van der Waals surface area contributed by atoms with Gasteiger partial charge in [0.15, 0.2) is 0 Å². The Bertz CT molecular complexity index is 370. The molecule has 0 bridgehead atoms. The maximum Gasteiger partial charge on any atom is 0.225 e. The van der Waals surface area contributed by atoms with Crippen molar-refractivity contribution in [1.82, 2.24) is 0 Å². The maximum atomic E-state index is 11.6. The minimum Gasteiger partial charge on any atom is -0.264 e. The molecule has 0 N–H and O–H groups in total. The average molecular weight is 301 g/mol. The number of hydrogen-bond acceptors (Lipinski definition) is 4. The van der Waals surface area contributed by atoms with Crippen LogP contribution in [0.3, 0.4) is 0 Å². The van der Waals surface area contributed by atoms with Crippen molar-refractivity contribution in [2.24, 2.45) is 5.92 Å². The molecule has 2 aliphatic carbocycles. The largest absolute Gasteiger partial charge is 0.264 e. The lowest BCUT2D eigenvalue weighted by atomic mass is 9.72. The molecule has 0 aromatic heterocycles. The minimum atomic E-state index is -0.604. The summed E-state index contributed by atoms with van der Waals surface area (Å²) in [6.45, 7) is 0. The molecule has 0 aromatic rings. The van der Waals surface area contributed by atoms with E-state index in [9.17, 15) is 10.1 Å². The van der Waals surface area contributed by atoms with Crippen LogP contribution in [0.1, 0.15) is 51.4 Å². The molecule has 0 aromatic carbocycles. The van der Waals surface area contributed by atoms with Crippen molar-refractivity contribution in [3.05, 3.63) is 19.9 Å². The Balaban J connectivity index is 2.21. The second-order valence-corrected chi connectivity index (χ2v) is 7.55. The SMILES string of the molecule is CSC(SC)=C1CCC[C@H](C2([N+](=O)[O-])CCCC2)C1. The average Bonchev–Trinajstić information content (AvgIpc) is 2.91. The van der Waals surface area contributed by atoms with Gasteiger partial charge in [0.1, 0.15) is 0 Å². The van der Waals surface area contributed by atoms with E-state index in [4.69, 9.17) is 0 Å². The van der Waals surface area contributed by atoms with E-state index in [1.54, 1.807) is 23.5 Å². The van der Waals surface area contributed by atoms with Gasteiger partial charge in [0.05, 0.1) is 0 Å². The molecule has 0 radical (unpaired) electrons. The highest BCUT2D eigenvalue weighted by molar-refractivity contribution is 8.21. The number of nitrogens with zero attached hydrogens (tertiary/aromatic N) is 1. The van der Waals surface area contributed by atoms with Crippen LogP contribution in [0, 0.1) is 16.0 Å². The molecule has 3 nitrogen and oxygen atoms in total. The van der Waals surface area contributed by atoms with Crippen molar-refractivity contribution in [2.75, 3.05) is 12.5 Å². The molecule has 2 fully saturated rings. The van der Waals surface area contributed by atoms with E-state index in [2.05, 4.69) is 12.5 Å². The Morgan fingerprint density at radius 1 is 1.26 bits per heavy atom. The predicted molar refractivity (Wildman–Crippen MR) is 84.2 cm³/mol. The van der Waals surface area contributed by atoms with Gasteiger partial charge in [-0.3, -0.25) is 10.1 Å². The van der Waals surface area contributed by atoms with Gasteiger partial charge in [-0.05, 0) is 56.6 Å². The van der Waals surface area contributed by atoms with Crippen molar-refractivity contribution >= 4 is 23.5 Å². The topological polar surface area (TPSA) is 43.1 Å². The van der Waals surface area contributed by atoms with E-state index in [-0.39, 0.29) is 10.8 Å². The third-order valence-corrected chi connectivity index (χ3v) is 7.10. The highest BCUT2D eigenvalue weighted by Gasteiger charge is 2.52. The van der Waals surface area contributed by atoms with E-state index < -0.39 is 5.54 Å². The molecular formula is C14H23NO2S2. The number of hydrogen-bond donors (Lipinski definition) is 0. The van der Waals surface area contributed by atoms with E-state index in [0.29, 0.717) is 0 Å². The van der Waals surface area contributed by atoms with Crippen molar-refractivity contribution in [1.29, 1.82) is 0 Å². The van der Waals surface area contributed by atoms with Gasteiger partial charge in [0.2, 0.25) is 5.54 Å². The van der Waals surface area contributed by atoms with Gasteiger partial charge in [-0.2, -0.15) is 0 Å². The molecule has 0 spiro atoms. The van der Waals surface area contributed by atoms with E-state index >= 15 is 0 Å². The third kappa shape index (κ3) is 2.97. The lowest BCUT2D eigenvalue weighted by Gasteiger charge is -2.34. The molecule has 0 heterocycles. The van der Waals surface area contributed by atoms with Gasteiger partial charge >= 0.3 is 0 Å². The molecule has 0 unspecified atom stereocenters.